The van der Waals surface area contributed by atoms with Gasteiger partial charge in [0, 0.05) is 55.9 Å². The number of benzene rings is 2. The van der Waals surface area contributed by atoms with Crippen LogP contribution in [-0.2, 0) is 38.2 Å². The van der Waals surface area contributed by atoms with Crippen LogP contribution in [0.3, 0.4) is 0 Å². The number of hydrogen-bond acceptors (Lipinski definition) is 17. The van der Waals surface area contributed by atoms with Crippen molar-refractivity contribution >= 4 is 81.6 Å². The number of aliphatic hydroxyl groups excluding tert-OH is 1. The summed E-state index contributed by atoms with van der Waals surface area (Å²) in [4.78, 5) is 84.4. The van der Waals surface area contributed by atoms with E-state index in [9.17, 15) is 29.1 Å². The number of amides is 5. The van der Waals surface area contributed by atoms with E-state index in [2.05, 4.69) is 41.1 Å². The predicted octanol–water partition coefficient (Wildman–Crippen LogP) is 4.87. The van der Waals surface area contributed by atoms with E-state index in [-0.39, 0.29) is 101 Å². The van der Waals surface area contributed by atoms with Gasteiger partial charge in [-0.1, -0.05) is 74.5 Å². The predicted molar refractivity (Wildman–Crippen MR) is 286 cm³/mol. The number of aliphatic hydroxyl groups is 1. The molecule has 0 aliphatic carbocycles. The van der Waals surface area contributed by atoms with Gasteiger partial charge in [-0.05, 0) is 62.3 Å². The second-order valence-electron chi connectivity index (χ2n) is 19.8. The summed E-state index contributed by atoms with van der Waals surface area (Å²) in [6.07, 6.45) is 2.43. The molecule has 4 aromatic rings. The molecule has 74 heavy (non-hydrogen) atoms. The minimum Gasteiger partial charge on any atom is -0.391 e. The standard InChI is InChI=1S/C51H70ClN11O9S2/c1-31(33-10-12-34(13-11-33)44-32(2)57-30-73-44)58-47(68)37-26-35(64)28-63(37)49(69)45(50(3,4)5)61-42(67)29-72-25-24-71-23-22-70-21-18-55-40(65)14-15-41(66)59-36-8-7-9-38(43(36)52)74-48-46(53)60-39(27-56-48)62-19-16-51(6,54)17-20-62/h7-13,27,30-31,35,37,45,64H,14-26,28-29,54H2,1-6H3,(H2,53,60)(H,55,65)(H,58,68)(H,59,66)(H,61,67)/t31-,35+,37-,45+/m0/s1. The number of aryl methyl sites for hydroxylation is 1. The number of carbonyl (C=O) groups excluding carboxylic acids is 5. The van der Waals surface area contributed by atoms with Gasteiger partial charge in [-0.3, -0.25) is 24.0 Å². The van der Waals surface area contributed by atoms with Crippen molar-refractivity contribution < 1.29 is 43.3 Å². The van der Waals surface area contributed by atoms with Gasteiger partial charge in [-0.15, -0.1) is 11.3 Å². The Hall–Kier alpha value is -5.46. The van der Waals surface area contributed by atoms with Crippen LogP contribution in [0, 0.1) is 12.3 Å². The maximum absolute atomic E-state index is 14.0. The Morgan fingerprint density at radius 3 is 2.28 bits per heavy atom. The largest absolute Gasteiger partial charge is 0.391 e. The number of aromatic nitrogens is 3. The number of nitrogens with two attached hydrogens (primary N) is 2. The van der Waals surface area contributed by atoms with Crippen molar-refractivity contribution in [3.05, 3.63) is 70.5 Å². The third-order valence-electron chi connectivity index (χ3n) is 12.6. The summed E-state index contributed by atoms with van der Waals surface area (Å²) in [7, 11) is 0. The average molecular weight is 1080 g/mol. The van der Waals surface area contributed by atoms with Gasteiger partial charge >= 0.3 is 0 Å². The van der Waals surface area contributed by atoms with E-state index in [0.717, 1.165) is 47.6 Å². The van der Waals surface area contributed by atoms with E-state index < -0.39 is 41.3 Å². The van der Waals surface area contributed by atoms with Crippen LogP contribution in [0.2, 0.25) is 5.02 Å². The molecule has 2 aliphatic rings. The molecule has 2 fully saturated rings. The van der Waals surface area contributed by atoms with Crippen LogP contribution >= 0.6 is 34.7 Å². The average Bonchev–Trinajstić information content (AvgIpc) is 3.98. The summed E-state index contributed by atoms with van der Waals surface area (Å²) in [6, 6.07) is 10.8. The van der Waals surface area contributed by atoms with Crippen molar-refractivity contribution in [3.8, 4) is 10.4 Å². The number of likely N-dealkylation sites (tertiary alicyclic amines) is 1. The highest BCUT2D eigenvalue weighted by Gasteiger charge is 2.45. The van der Waals surface area contributed by atoms with E-state index in [4.69, 9.17) is 37.3 Å². The summed E-state index contributed by atoms with van der Waals surface area (Å²) < 4.78 is 16.6. The summed E-state index contributed by atoms with van der Waals surface area (Å²) in [5.41, 5.74) is 16.7. The second-order valence-corrected chi connectivity index (χ2v) is 22.1. The minimum absolute atomic E-state index is 0.0421. The third-order valence-corrected chi connectivity index (χ3v) is 15.2. The highest BCUT2D eigenvalue weighted by molar-refractivity contribution is 7.99. The van der Waals surface area contributed by atoms with E-state index in [1.54, 1.807) is 41.2 Å². The lowest BCUT2D eigenvalue weighted by atomic mass is 9.85. The molecule has 0 spiro atoms. The molecule has 2 aromatic carbocycles. The molecule has 2 aliphatic heterocycles. The zero-order chi connectivity index (χ0) is 53.6. The molecular weight excluding hydrogens is 1010 g/mol. The fourth-order valence-corrected chi connectivity index (χ4v) is 10.2. The first-order valence-corrected chi connectivity index (χ1v) is 26.8. The van der Waals surface area contributed by atoms with E-state index in [1.807, 2.05) is 65.8 Å². The van der Waals surface area contributed by atoms with Crippen molar-refractivity contribution in [3.63, 3.8) is 0 Å². The SMILES string of the molecule is Cc1ncsc1-c1ccc([C@H](C)NC(=O)[C@@H]2C[C@@H](O)CN2C(=O)[C@@H](NC(=O)COCCOCCOCCNC(=O)CCC(=O)Nc2cccc(Sc3ncc(N4CCC(C)(N)CC4)nc3N)c2Cl)C(C)(C)C)cc1. The van der Waals surface area contributed by atoms with Crippen molar-refractivity contribution in [2.24, 2.45) is 11.1 Å². The van der Waals surface area contributed by atoms with Crippen molar-refractivity contribution in [2.75, 3.05) is 81.8 Å². The fourth-order valence-electron chi connectivity index (χ4n) is 8.26. The van der Waals surface area contributed by atoms with Crippen LogP contribution in [0.5, 0.6) is 0 Å². The summed E-state index contributed by atoms with van der Waals surface area (Å²) in [5.74, 6) is -1.13. The van der Waals surface area contributed by atoms with Crippen LogP contribution in [-0.4, -0.2) is 144 Å². The molecule has 2 aromatic heterocycles. The quantitative estimate of drug-likeness (QED) is 0.0461. The molecule has 0 bridgehead atoms. The van der Waals surface area contributed by atoms with Crippen LogP contribution in [0.4, 0.5) is 17.3 Å². The molecule has 0 saturated carbocycles. The van der Waals surface area contributed by atoms with E-state index in [0.29, 0.717) is 26.4 Å². The van der Waals surface area contributed by atoms with Gasteiger partial charge in [0.15, 0.2) is 5.82 Å². The fraction of sp³-hybridized carbons (Fsp3) is 0.529. The Morgan fingerprint density at radius 1 is 0.946 bits per heavy atom. The molecule has 2 saturated heterocycles. The molecule has 5 amide bonds. The molecule has 6 rings (SSSR count). The molecule has 9 N–H and O–H groups in total. The van der Waals surface area contributed by atoms with Crippen molar-refractivity contribution in [1.29, 1.82) is 0 Å². The zero-order valence-corrected chi connectivity index (χ0v) is 45.3. The number of β-amino-alcohol motifs (C(OH)–C–C–N with tert-alkyl or cyclic N) is 1. The number of piperidine rings is 1. The number of nitrogen functional groups attached to an aromatic ring is 1. The van der Waals surface area contributed by atoms with Crippen molar-refractivity contribution in [2.45, 2.75) is 113 Å². The first-order chi connectivity index (χ1) is 35.2. The molecule has 402 valence electrons. The highest BCUT2D eigenvalue weighted by atomic mass is 35.5. The van der Waals surface area contributed by atoms with Gasteiger partial charge in [-0.25, -0.2) is 15.0 Å². The number of nitrogens with one attached hydrogen (secondary N) is 4. The first kappa shape index (κ1) is 57.8. The topological polar surface area (TPSA) is 279 Å². The maximum atomic E-state index is 14.0. The number of nitrogens with zero attached hydrogens (tertiary/aromatic N) is 5. The molecule has 0 unspecified atom stereocenters. The number of ether oxygens (including phenoxy) is 3. The summed E-state index contributed by atoms with van der Waals surface area (Å²) >= 11 is 9.47. The third kappa shape index (κ3) is 16.8. The van der Waals surface area contributed by atoms with Crippen LogP contribution in [0.1, 0.15) is 84.0 Å². The maximum Gasteiger partial charge on any atom is 0.246 e. The van der Waals surface area contributed by atoms with Gasteiger partial charge < -0.3 is 61.9 Å². The number of thiazole rings is 1. The Kier molecular flexibility index (Phi) is 21.0. The van der Waals surface area contributed by atoms with Gasteiger partial charge in [-0.2, -0.15) is 0 Å². The van der Waals surface area contributed by atoms with Gasteiger partial charge in [0.05, 0.1) is 78.2 Å². The first-order valence-electron chi connectivity index (χ1n) is 24.7. The lowest BCUT2D eigenvalue weighted by Crippen LogP contribution is -2.58. The number of rotatable bonds is 24. The molecule has 4 atom stereocenters. The van der Waals surface area contributed by atoms with E-state index >= 15 is 0 Å². The van der Waals surface area contributed by atoms with Crippen molar-refractivity contribution in [1.82, 2.24) is 35.8 Å². The van der Waals surface area contributed by atoms with Gasteiger partial charge in [0.25, 0.3) is 0 Å². The smallest absolute Gasteiger partial charge is 0.246 e. The number of carbonyl (C=O) groups is 5. The van der Waals surface area contributed by atoms with Crippen LogP contribution in [0.25, 0.3) is 10.4 Å². The second kappa shape index (κ2) is 26.8. The number of halogens is 1. The molecule has 20 nitrogen and oxygen atoms in total. The summed E-state index contributed by atoms with van der Waals surface area (Å²) in [6.45, 7) is 13.7. The van der Waals surface area contributed by atoms with Crippen LogP contribution in [0.15, 0.2) is 64.1 Å². The Bertz CT molecular complexity index is 2550. The monoisotopic (exact) mass is 1080 g/mol. The zero-order valence-electron chi connectivity index (χ0n) is 42.9. The lowest BCUT2D eigenvalue weighted by Gasteiger charge is -2.37. The van der Waals surface area contributed by atoms with Gasteiger partial charge in [0.1, 0.15) is 29.5 Å². The van der Waals surface area contributed by atoms with Gasteiger partial charge in [0.2, 0.25) is 29.5 Å². The molecule has 23 heteroatoms. The molecule has 0 radical (unpaired) electrons. The Labute approximate surface area is 445 Å². The molecule has 4 heterocycles. The normalized spacial score (nSPS) is 17.4. The highest BCUT2D eigenvalue weighted by Crippen LogP contribution is 2.39. The lowest BCUT2D eigenvalue weighted by molar-refractivity contribution is -0.144. The van der Waals surface area contributed by atoms with Crippen LogP contribution < -0.4 is 37.6 Å². The number of anilines is 3. The summed E-state index contributed by atoms with van der Waals surface area (Å²) in [5, 5.41) is 22.7. The minimum atomic E-state index is -1.00. The number of hydrogen-bond donors (Lipinski definition) is 7. The Balaban J connectivity index is 0.814. The molecular formula is C51H70ClN11O9S2. The van der Waals surface area contributed by atoms with E-state index in [1.165, 1.54) is 16.7 Å². The Morgan fingerprint density at radius 2 is 1.62 bits per heavy atom.